The largest absolute Gasteiger partial charge is 0.488 e. The minimum atomic E-state index is -1.34. The highest BCUT2D eigenvalue weighted by Crippen LogP contribution is 1.94. The Balaban J connectivity index is 0.000000288. The van der Waals surface area contributed by atoms with E-state index in [-0.39, 0.29) is 0 Å². The normalized spacial score (nSPS) is 9.47. The van der Waals surface area contributed by atoms with Crippen molar-refractivity contribution in [3.8, 4) is 0 Å². The molecule has 15 heavy (non-hydrogen) atoms. The van der Waals surface area contributed by atoms with Crippen LogP contribution in [0.5, 0.6) is 0 Å². The van der Waals surface area contributed by atoms with Crippen molar-refractivity contribution < 1.29 is 15.2 Å². The Morgan fingerprint density at radius 1 is 1.13 bits per heavy atom. The molecule has 0 aliphatic carbocycles. The molecule has 0 radical (unpaired) electrons. The number of benzene rings is 1. The van der Waals surface area contributed by atoms with Gasteiger partial charge in [-0.1, -0.05) is 44.2 Å². The van der Waals surface area contributed by atoms with Gasteiger partial charge in [0.15, 0.2) is 0 Å². The number of hydrogen-bond acceptors (Lipinski definition) is 3. The third kappa shape index (κ3) is 8.18. The SMILES string of the molecule is CC(C)CCO.OB(O)c1ccccc1. The van der Waals surface area contributed by atoms with E-state index < -0.39 is 7.12 Å². The summed E-state index contributed by atoms with van der Waals surface area (Å²) in [4.78, 5) is 0. The molecule has 0 aromatic heterocycles. The third-order valence-electron chi connectivity index (χ3n) is 1.80. The molecule has 0 unspecified atom stereocenters. The number of aliphatic hydroxyl groups is 1. The molecular formula is C11H19BO3. The quantitative estimate of drug-likeness (QED) is 0.632. The zero-order valence-corrected chi connectivity index (χ0v) is 9.30. The van der Waals surface area contributed by atoms with Gasteiger partial charge in [0.2, 0.25) is 0 Å². The van der Waals surface area contributed by atoms with Crippen LogP contribution < -0.4 is 5.46 Å². The van der Waals surface area contributed by atoms with E-state index in [1.165, 1.54) is 0 Å². The molecule has 0 spiro atoms. The van der Waals surface area contributed by atoms with Crippen molar-refractivity contribution in [3.05, 3.63) is 30.3 Å². The minimum absolute atomic E-state index is 0.331. The lowest BCUT2D eigenvalue weighted by atomic mass is 9.81. The molecule has 0 fully saturated rings. The predicted octanol–water partition coefficient (Wildman–Crippen LogP) is 0.391. The van der Waals surface area contributed by atoms with E-state index in [2.05, 4.69) is 13.8 Å². The highest BCUT2D eigenvalue weighted by Gasteiger charge is 2.07. The maximum Gasteiger partial charge on any atom is 0.488 e. The standard InChI is InChI=1S/C6H7BO2.C5H12O/c8-7(9)6-4-2-1-3-5-6;1-5(2)3-4-6/h1-5,8-9H;5-6H,3-4H2,1-2H3. The molecule has 1 rings (SSSR count). The van der Waals surface area contributed by atoms with Crippen molar-refractivity contribution >= 4 is 12.6 Å². The second kappa shape index (κ2) is 8.47. The van der Waals surface area contributed by atoms with Gasteiger partial charge >= 0.3 is 7.12 Å². The second-order valence-electron chi connectivity index (χ2n) is 3.69. The molecule has 3 N–H and O–H groups in total. The summed E-state index contributed by atoms with van der Waals surface area (Å²) in [5.41, 5.74) is 0.525. The molecular weight excluding hydrogens is 191 g/mol. The summed E-state index contributed by atoms with van der Waals surface area (Å²) < 4.78 is 0. The predicted molar refractivity (Wildman–Crippen MR) is 62.8 cm³/mol. The van der Waals surface area contributed by atoms with Gasteiger partial charge in [0, 0.05) is 6.61 Å². The van der Waals surface area contributed by atoms with Crippen LogP contribution in [-0.4, -0.2) is 28.9 Å². The van der Waals surface area contributed by atoms with Crippen LogP contribution in [0.3, 0.4) is 0 Å². The topological polar surface area (TPSA) is 60.7 Å². The third-order valence-corrected chi connectivity index (χ3v) is 1.80. The summed E-state index contributed by atoms with van der Waals surface area (Å²) in [6.45, 7) is 4.52. The molecule has 84 valence electrons. The van der Waals surface area contributed by atoms with Gasteiger partial charge in [0.1, 0.15) is 0 Å². The lowest BCUT2D eigenvalue weighted by molar-refractivity contribution is 0.268. The first kappa shape index (κ1) is 14.2. The maximum absolute atomic E-state index is 8.58. The van der Waals surface area contributed by atoms with Crippen molar-refractivity contribution in [1.82, 2.24) is 0 Å². The highest BCUT2D eigenvalue weighted by atomic mass is 16.4. The Kier molecular flexibility index (Phi) is 8.00. The van der Waals surface area contributed by atoms with Crippen LogP contribution >= 0.6 is 0 Å². The summed E-state index contributed by atoms with van der Waals surface area (Å²) in [5.74, 6) is 0.648. The Morgan fingerprint density at radius 2 is 1.67 bits per heavy atom. The first-order chi connectivity index (χ1) is 7.07. The van der Waals surface area contributed by atoms with Crippen LogP contribution in [0.2, 0.25) is 0 Å². The molecule has 0 saturated carbocycles. The zero-order chi connectivity index (χ0) is 11.7. The van der Waals surface area contributed by atoms with E-state index in [0.29, 0.717) is 18.0 Å². The molecule has 0 amide bonds. The molecule has 3 nitrogen and oxygen atoms in total. The highest BCUT2D eigenvalue weighted by molar-refractivity contribution is 6.58. The fourth-order valence-electron chi connectivity index (χ4n) is 0.883. The average molecular weight is 210 g/mol. The van der Waals surface area contributed by atoms with E-state index in [9.17, 15) is 0 Å². The lowest BCUT2D eigenvalue weighted by Crippen LogP contribution is -2.29. The molecule has 0 atom stereocenters. The van der Waals surface area contributed by atoms with Crippen LogP contribution in [-0.2, 0) is 0 Å². The van der Waals surface area contributed by atoms with E-state index in [1.807, 2.05) is 6.07 Å². The summed E-state index contributed by atoms with van der Waals surface area (Å²) in [6.07, 6.45) is 0.931. The van der Waals surface area contributed by atoms with Gasteiger partial charge in [0.05, 0.1) is 0 Å². The van der Waals surface area contributed by atoms with Crippen LogP contribution in [0, 0.1) is 5.92 Å². The average Bonchev–Trinajstić information content (AvgIpc) is 2.20. The van der Waals surface area contributed by atoms with Crippen LogP contribution in [0.1, 0.15) is 20.3 Å². The van der Waals surface area contributed by atoms with Gasteiger partial charge in [-0.25, -0.2) is 0 Å². The van der Waals surface area contributed by atoms with E-state index in [4.69, 9.17) is 15.2 Å². The van der Waals surface area contributed by atoms with Gasteiger partial charge in [-0.05, 0) is 17.8 Å². The van der Waals surface area contributed by atoms with Gasteiger partial charge in [-0.2, -0.15) is 0 Å². The van der Waals surface area contributed by atoms with Gasteiger partial charge < -0.3 is 15.2 Å². The Hall–Kier alpha value is -0.835. The van der Waals surface area contributed by atoms with Crippen molar-refractivity contribution in [3.63, 3.8) is 0 Å². The summed E-state index contributed by atoms with van der Waals surface area (Å²) >= 11 is 0. The first-order valence-corrected chi connectivity index (χ1v) is 5.09. The molecule has 4 heteroatoms. The van der Waals surface area contributed by atoms with Crippen molar-refractivity contribution in [1.29, 1.82) is 0 Å². The fraction of sp³-hybridized carbons (Fsp3) is 0.455. The Bertz CT molecular complexity index is 237. The molecule has 1 aromatic rings. The van der Waals surface area contributed by atoms with E-state index in [0.717, 1.165) is 6.42 Å². The molecule has 0 aliphatic rings. The molecule has 0 saturated heterocycles. The van der Waals surface area contributed by atoms with E-state index in [1.54, 1.807) is 24.3 Å². The number of hydrogen-bond donors (Lipinski definition) is 3. The molecule has 0 aliphatic heterocycles. The van der Waals surface area contributed by atoms with Gasteiger partial charge in [-0.3, -0.25) is 0 Å². The number of rotatable bonds is 3. The number of aliphatic hydroxyl groups excluding tert-OH is 1. The zero-order valence-electron chi connectivity index (χ0n) is 9.30. The van der Waals surface area contributed by atoms with Crippen LogP contribution in [0.4, 0.5) is 0 Å². The Morgan fingerprint density at radius 3 is 1.87 bits per heavy atom. The first-order valence-electron chi connectivity index (χ1n) is 5.09. The van der Waals surface area contributed by atoms with E-state index >= 15 is 0 Å². The smallest absolute Gasteiger partial charge is 0.423 e. The Labute approximate surface area is 91.5 Å². The van der Waals surface area contributed by atoms with Gasteiger partial charge in [0.25, 0.3) is 0 Å². The molecule has 0 heterocycles. The fourth-order valence-corrected chi connectivity index (χ4v) is 0.883. The minimum Gasteiger partial charge on any atom is -0.423 e. The van der Waals surface area contributed by atoms with Crippen LogP contribution in [0.25, 0.3) is 0 Å². The van der Waals surface area contributed by atoms with Crippen molar-refractivity contribution in [2.45, 2.75) is 20.3 Å². The van der Waals surface area contributed by atoms with Crippen LogP contribution in [0.15, 0.2) is 30.3 Å². The maximum atomic E-state index is 8.58. The second-order valence-corrected chi connectivity index (χ2v) is 3.69. The van der Waals surface area contributed by atoms with Crippen molar-refractivity contribution in [2.24, 2.45) is 5.92 Å². The molecule has 1 aromatic carbocycles. The summed E-state index contributed by atoms with van der Waals surface area (Å²) in [6, 6.07) is 8.66. The summed E-state index contributed by atoms with van der Waals surface area (Å²) in [7, 11) is -1.34. The lowest BCUT2D eigenvalue weighted by Gasteiger charge is -1.95. The molecule has 0 bridgehead atoms. The summed E-state index contributed by atoms with van der Waals surface area (Å²) in [5, 5.41) is 25.4. The van der Waals surface area contributed by atoms with Crippen molar-refractivity contribution in [2.75, 3.05) is 6.61 Å². The van der Waals surface area contributed by atoms with Gasteiger partial charge in [-0.15, -0.1) is 0 Å². The monoisotopic (exact) mass is 210 g/mol.